The fourth-order valence-electron chi connectivity index (χ4n) is 3.70. The maximum absolute atomic E-state index is 13.7. The molecular formula is C28H25BrN2O3S. The van der Waals surface area contributed by atoms with Crippen molar-refractivity contribution in [3.05, 3.63) is 131 Å². The van der Waals surface area contributed by atoms with Gasteiger partial charge in [-0.15, -0.1) is 0 Å². The van der Waals surface area contributed by atoms with E-state index in [-0.39, 0.29) is 17.3 Å². The monoisotopic (exact) mass is 548 g/mol. The number of rotatable bonds is 9. The van der Waals surface area contributed by atoms with Gasteiger partial charge in [-0.2, -0.15) is 0 Å². The van der Waals surface area contributed by atoms with Crippen molar-refractivity contribution in [1.29, 1.82) is 0 Å². The van der Waals surface area contributed by atoms with Crippen LogP contribution in [0.4, 0.5) is 5.69 Å². The zero-order chi connectivity index (χ0) is 24.7. The zero-order valence-electron chi connectivity index (χ0n) is 19.0. The standard InChI is InChI=1S/C28H25BrN2O3S/c29-25-16-18-26(19-17-25)31(35(33,34)27-14-8-3-9-15-27)22-28(32)30(20-23-10-4-1-5-11-23)21-24-12-6-2-7-13-24/h1-19H,20-22H2. The number of hydrogen-bond acceptors (Lipinski definition) is 3. The first-order valence-electron chi connectivity index (χ1n) is 11.1. The van der Waals surface area contributed by atoms with Gasteiger partial charge < -0.3 is 4.90 Å². The Kier molecular flexibility index (Phi) is 8.00. The van der Waals surface area contributed by atoms with Crippen LogP contribution in [0.3, 0.4) is 0 Å². The number of halogens is 1. The summed E-state index contributed by atoms with van der Waals surface area (Å²) in [5.41, 5.74) is 2.36. The maximum atomic E-state index is 13.7. The number of carbonyl (C=O) groups excluding carboxylic acids is 1. The lowest BCUT2D eigenvalue weighted by molar-refractivity contribution is -0.130. The van der Waals surface area contributed by atoms with Crippen molar-refractivity contribution in [3.8, 4) is 0 Å². The zero-order valence-corrected chi connectivity index (χ0v) is 21.4. The van der Waals surface area contributed by atoms with Crippen LogP contribution in [0.5, 0.6) is 0 Å². The van der Waals surface area contributed by atoms with Crippen LogP contribution in [0.25, 0.3) is 0 Å². The van der Waals surface area contributed by atoms with Crippen molar-refractivity contribution < 1.29 is 13.2 Å². The van der Waals surface area contributed by atoms with Crippen LogP contribution in [-0.4, -0.2) is 25.8 Å². The Bertz CT molecular complexity index is 1310. The fourth-order valence-corrected chi connectivity index (χ4v) is 5.40. The van der Waals surface area contributed by atoms with E-state index in [2.05, 4.69) is 15.9 Å². The van der Waals surface area contributed by atoms with Gasteiger partial charge in [0.15, 0.2) is 0 Å². The summed E-state index contributed by atoms with van der Waals surface area (Å²) in [6.45, 7) is 0.417. The van der Waals surface area contributed by atoms with Gasteiger partial charge in [0.25, 0.3) is 10.0 Å². The predicted octanol–water partition coefficient (Wildman–Crippen LogP) is 5.87. The molecule has 0 spiro atoms. The van der Waals surface area contributed by atoms with E-state index in [0.717, 1.165) is 15.6 Å². The molecule has 0 saturated heterocycles. The molecule has 0 aromatic heterocycles. The molecule has 0 N–H and O–H groups in total. The van der Waals surface area contributed by atoms with Gasteiger partial charge in [-0.25, -0.2) is 8.42 Å². The second kappa shape index (κ2) is 11.3. The molecular weight excluding hydrogens is 524 g/mol. The van der Waals surface area contributed by atoms with Crippen LogP contribution in [0.15, 0.2) is 125 Å². The first-order chi connectivity index (χ1) is 16.9. The largest absolute Gasteiger partial charge is 0.332 e. The molecule has 4 aromatic rings. The van der Waals surface area contributed by atoms with Crippen LogP contribution in [0, 0.1) is 0 Å². The highest BCUT2D eigenvalue weighted by molar-refractivity contribution is 9.10. The number of benzene rings is 4. The summed E-state index contributed by atoms with van der Waals surface area (Å²) >= 11 is 3.40. The number of amides is 1. The molecule has 0 aliphatic heterocycles. The molecule has 0 radical (unpaired) electrons. The molecule has 178 valence electrons. The number of carbonyl (C=O) groups is 1. The van der Waals surface area contributed by atoms with Gasteiger partial charge >= 0.3 is 0 Å². The van der Waals surface area contributed by atoms with Crippen molar-refractivity contribution in [1.82, 2.24) is 4.90 Å². The van der Waals surface area contributed by atoms with E-state index in [4.69, 9.17) is 0 Å². The van der Waals surface area contributed by atoms with E-state index in [9.17, 15) is 13.2 Å². The molecule has 1 amide bonds. The van der Waals surface area contributed by atoms with E-state index in [1.165, 1.54) is 16.4 Å². The Morgan fingerprint density at radius 2 is 1.11 bits per heavy atom. The molecule has 4 rings (SSSR count). The fraction of sp³-hybridized carbons (Fsp3) is 0.107. The van der Waals surface area contributed by atoms with Crippen molar-refractivity contribution >= 4 is 37.5 Å². The molecule has 4 aromatic carbocycles. The van der Waals surface area contributed by atoms with Gasteiger partial charge in [-0.3, -0.25) is 9.10 Å². The van der Waals surface area contributed by atoms with E-state index in [1.54, 1.807) is 47.4 Å². The molecule has 0 aliphatic rings. The van der Waals surface area contributed by atoms with Gasteiger partial charge in [-0.05, 0) is 47.5 Å². The lowest BCUT2D eigenvalue weighted by Crippen LogP contribution is -2.42. The summed E-state index contributed by atoms with van der Waals surface area (Å²) in [5.74, 6) is -0.292. The molecule has 0 heterocycles. The lowest BCUT2D eigenvalue weighted by Gasteiger charge is -2.29. The van der Waals surface area contributed by atoms with Crippen LogP contribution in [0.1, 0.15) is 11.1 Å². The molecule has 0 fully saturated rings. The Balaban J connectivity index is 1.68. The summed E-state index contributed by atoms with van der Waals surface area (Å²) in [6, 6.07) is 34.5. The second-order valence-electron chi connectivity index (χ2n) is 8.02. The van der Waals surface area contributed by atoms with E-state index in [1.807, 2.05) is 60.7 Å². The minimum absolute atomic E-state index is 0.133. The highest BCUT2D eigenvalue weighted by Gasteiger charge is 2.29. The third-order valence-electron chi connectivity index (χ3n) is 5.51. The summed E-state index contributed by atoms with van der Waals surface area (Å²) in [6.07, 6.45) is 0. The van der Waals surface area contributed by atoms with Crippen LogP contribution < -0.4 is 4.31 Å². The van der Waals surface area contributed by atoms with Crippen molar-refractivity contribution in [2.45, 2.75) is 18.0 Å². The summed E-state index contributed by atoms with van der Waals surface area (Å²) in [4.78, 5) is 15.5. The highest BCUT2D eigenvalue weighted by Crippen LogP contribution is 2.26. The number of anilines is 1. The van der Waals surface area contributed by atoms with E-state index in [0.29, 0.717) is 18.8 Å². The smallest absolute Gasteiger partial charge is 0.264 e. The maximum Gasteiger partial charge on any atom is 0.264 e. The summed E-state index contributed by atoms with van der Waals surface area (Å²) in [7, 11) is -3.97. The third-order valence-corrected chi connectivity index (χ3v) is 7.83. The molecule has 0 unspecified atom stereocenters. The first-order valence-corrected chi connectivity index (χ1v) is 13.4. The van der Waals surface area contributed by atoms with E-state index < -0.39 is 10.0 Å². The van der Waals surface area contributed by atoms with Crippen molar-refractivity contribution in [2.75, 3.05) is 10.8 Å². The SMILES string of the molecule is O=C(CN(c1ccc(Br)cc1)S(=O)(=O)c1ccccc1)N(Cc1ccccc1)Cc1ccccc1. The Morgan fingerprint density at radius 3 is 1.60 bits per heavy atom. The summed E-state index contributed by atoms with van der Waals surface area (Å²) < 4.78 is 29.3. The molecule has 7 heteroatoms. The molecule has 0 aliphatic carbocycles. The second-order valence-corrected chi connectivity index (χ2v) is 10.8. The number of sulfonamides is 1. The normalized spacial score (nSPS) is 11.1. The quantitative estimate of drug-likeness (QED) is 0.262. The Hall–Kier alpha value is -3.42. The van der Waals surface area contributed by atoms with E-state index >= 15 is 0 Å². The van der Waals surface area contributed by atoms with Gasteiger partial charge in [-0.1, -0.05) is 94.8 Å². The minimum atomic E-state index is -3.97. The van der Waals surface area contributed by atoms with Crippen molar-refractivity contribution in [3.63, 3.8) is 0 Å². The number of nitrogens with zero attached hydrogens (tertiary/aromatic N) is 2. The average molecular weight is 549 g/mol. The summed E-state index contributed by atoms with van der Waals surface area (Å²) in [5, 5.41) is 0. The molecule has 0 saturated carbocycles. The van der Waals surface area contributed by atoms with Crippen LogP contribution in [0.2, 0.25) is 0 Å². The van der Waals surface area contributed by atoms with Gasteiger partial charge in [0.05, 0.1) is 10.6 Å². The number of hydrogen-bond donors (Lipinski definition) is 0. The Labute approximate surface area is 214 Å². The average Bonchev–Trinajstić information content (AvgIpc) is 2.89. The van der Waals surface area contributed by atoms with Gasteiger partial charge in [0.2, 0.25) is 5.91 Å². The van der Waals surface area contributed by atoms with Crippen LogP contribution >= 0.6 is 15.9 Å². The van der Waals surface area contributed by atoms with Gasteiger partial charge in [0.1, 0.15) is 6.54 Å². The molecule has 35 heavy (non-hydrogen) atoms. The first kappa shape index (κ1) is 24.7. The van der Waals surface area contributed by atoms with Gasteiger partial charge in [0, 0.05) is 17.6 Å². The third kappa shape index (κ3) is 6.38. The predicted molar refractivity (Wildman–Crippen MR) is 142 cm³/mol. The topological polar surface area (TPSA) is 57.7 Å². The van der Waals surface area contributed by atoms with Crippen molar-refractivity contribution in [2.24, 2.45) is 0 Å². The minimum Gasteiger partial charge on any atom is -0.332 e. The lowest BCUT2D eigenvalue weighted by atomic mass is 10.1. The highest BCUT2D eigenvalue weighted by atomic mass is 79.9. The van der Waals surface area contributed by atoms with Crippen LogP contribution in [-0.2, 0) is 27.9 Å². The Morgan fingerprint density at radius 1 is 0.657 bits per heavy atom. The molecule has 0 bridgehead atoms. The molecule has 0 atom stereocenters. The molecule has 5 nitrogen and oxygen atoms in total.